The number of urea groups is 1. The number of halogens is 4. The van der Waals surface area contributed by atoms with Gasteiger partial charge in [0.25, 0.3) is 0 Å². The zero-order valence-electron chi connectivity index (χ0n) is 20.7. The Morgan fingerprint density at radius 2 is 1.72 bits per heavy atom. The molecular formula is C26H32ClF3N4O2. The Morgan fingerprint density at radius 1 is 1.06 bits per heavy atom. The summed E-state index contributed by atoms with van der Waals surface area (Å²) in [4.78, 5) is 19.5. The fraction of sp³-hybridized carbons (Fsp3) is 0.500. The number of hydrogen-bond acceptors (Lipinski definition) is 4. The lowest BCUT2D eigenvalue weighted by atomic mass is 10.1. The van der Waals surface area contributed by atoms with Gasteiger partial charge in [-0.25, -0.2) is 4.79 Å². The van der Waals surface area contributed by atoms with Gasteiger partial charge in [0.1, 0.15) is 11.4 Å². The number of alkyl halides is 3. The highest BCUT2D eigenvalue weighted by Gasteiger charge is 2.39. The van der Waals surface area contributed by atoms with E-state index >= 15 is 0 Å². The third kappa shape index (κ3) is 6.00. The van der Waals surface area contributed by atoms with E-state index in [1.807, 2.05) is 19.1 Å². The van der Waals surface area contributed by atoms with Crippen LogP contribution in [0, 0.1) is 0 Å². The summed E-state index contributed by atoms with van der Waals surface area (Å²) in [6.45, 7) is 10.5. The number of carbonyl (C=O) groups is 1. The van der Waals surface area contributed by atoms with Crippen molar-refractivity contribution < 1.29 is 22.7 Å². The number of benzene rings is 2. The molecule has 2 fully saturated rings. The minimum atomic E-state index is -4.40. The predicted octanol–water partition coefficient (Wildman–Crippen LogP) is 5.96. The molecule has 2 saturated heterocycles. The lowest BCUT2D eigenvalue weighted by Crippen LogP contribution is -2.49. The van der Waals surface area contributed by atoms with Crippen molar-refractivity contribution in [2.24, 2.45) is 0 Å². The number of nitrogens with zero attached hydrogens (tertiary/aromatic N) is 3. The van der Waals surface area contributed by atoms with Crippen molar-refractivity contribution >= 4 is 29.0 Å². The zero-order chi connectivity index (χ0) is 26.1. The van der Waals surface area contributed by atoms with Crippen LogP contribution in [0.25, 0.3) is 0 Å². The van der Waals surface area contributed by atoms with Gasteiger partial charge >= 0.3 is 12.2 Å². The van der Waals surface area contributed by atoms with E-state index in [4.69, 9.17) is 16.3 Å². The predicted molar refractivity (Wildman–Crippen MR) is 136 cm³/mol. The van der Waals surface area contributed by atoms with Crippen molar-refractivity contribution in [2.75, 3.05) is 49.5 Å². The molecule has 0 bridgehead atoms. The first kappa shape index (κ1) is 26.4. The average Bonchev–Trinajstić information content (AvgIpc) is 3.22. The second-order valence-electron chi connectivity index (χ2n) is 9.93. The first-order valence-electron chi connectivity index (χ1n) is 12.1. The highest BCUT2D eigenvalue weighted by atomic mass is 35.5. The largest absolute Gasteiger partial charge is 0.486 e. The number of para-hydroxylation sites is 1. The molecule has 1 unspecified atom stereocenters. The molecular weight excluding hydrogens is 493 g/mol. The molecule has 1 N–H and O–H groups in total. The van der Waals surface area contributed by atoms with Crippen LogP contribution in [0.3, 0.4) is 0 Å². The lowest BCUT2D eigenvalue weighted by molar-refractivity contribution is -0.137. The molecule has 10 heteroatoms. The normalized spacial score (nSPS) is 21.2. The van der Waals surface area contributed by atoms with E-state index in [0.717, 1.165) is 44.0 Å². The number of carbonyl (C=O) groups excluding carboxylic acids is 1. The van der Waals surface area contributed by atoms with E-state index in [1.54, 1.807) is 11.0 Å². The smallest absolute Gasteiger partial charge is 0.416 e. The maximum atomic E-state index is 13.2. The van der Waals surface area contributed by atoms with E-state index in [-0.39, 0.29) is 6.03 Å². The molecule has 0 spiro atoms. The van der Waals surface area contributed by atoms with Gasteiger partial charge in [0.2, 0.25) is 0 Å². The second-order valence-corrected chi connectivity index (χ2v) is 10.3. The molecule has 0 aliphatic carbocycles. The Hall–Kier alpha value is -2.65. The van der Waals surface area contributed by atoms with Crippen molar-refractivity contribution in [3.05, 3.63) is 53.1 Å². The SMILES string of the molecule is CC(C)N1CCN(c2cccc(Cl)c2NC(=O)N2CCC(C)(Oc3ccc(C(F)(F)F)cc3)C2)CC1. The molecule has 0 radical (unpaired) electrons. The molecule has 1 atom stereocenters. The third-order valence-corrected chi connectivity index (χ3v) is 7.19. The number of rotatable bonds is 5. The first-order valence-corrected chi connectivity index (χ1v) is 12.5. The van der Waals surface area contributed by atoms with Gasteiger partial charge in [0.05, 0.1) is 28.5 Å². The van der Waals surface area contributed by atoms with Crippen molar-refractivity contribution in [3.63, 3.8) is 0 Å². The number of amides is 2. The van der Waals surface area contributed by atoms with Crippen molar-refractivity contribution in [2.45, 2.75) is 45.0 Å². The Morgan fingerprint density at radius 3 is 2.33 bits per heavy atom. The van der Waals surface area contributed by atoms with Crippen molar-refractivity contribution in [1.82, 2.24) is 9.80 Å². The molecule has 196 valence electrons. The molecule has 2 aromatic rings. The van der Waals surface area contributed by atoms with Crippen molar-refractivity contribution in [3.8, 4) is 5.75 Å². The number of piperazine rings is 1. The van der Waals surface area contributed by atoms with Gasteiger partial charge < -0.3 is 19.9 Å². The minimum absolute atomic E-state index is 0.287. The third-order valence-electron chi connectivity index (χ3n) is 6.88. The monoisotopic (exact) mass is 524 g/mol. The number of nitrogens with one attached hydrogen (secondary N) is 1. The van der Waals surface area contributed by atoms with Crippen LogP contribution in [0.15, 0.2) is 42.5 Å². The quantitative estimate of drug-likeness (QED) is 0.524. The maximum absolute atomic E-state index is 13.2. The van der Waals surface area contributed by atoms with Crippen LogP contribution >= 0.6 is 11.6 Å². The Balaban J connectivity index is 1.40. The van der Waals surface area contributed by atoms with Gasteiger partial charge in [-0.05, 0) is 57.2 Å². The van der Waals surface area contributed by atoms with E-state index in [0.29, 0.717) is 42.0 Å². The van der Waals surface area contributed by atoms with E-state index in [9.17, 15) is 18.0 Å². The minimum Gasteiger partial charge on any atom is -0.486 e. The summed E-state index contributed by atoms with van der Waals surface area (Å²) >= 11 is 6.51. The van der Waals surface area contributed by atoms with Crippen LogP contribution < -0.4 is 15.0 Å². The molecule has 0 aromatic heterocycles. The van der Waals surface area contributed by atoms with Crippen LogP contribution in [0.5, 0.6) is 5.75 Å². The van der Waals surface area contributed by atoms with Gasteiger partial charge in [-0.2, -0.15) is 13.2 Å². The van der Waals surface area contributed by atoms with Gasteiger partial charge in [0.15, 0.2) is 0 Å². The molecule has 36 heavy (non-hydrogen) atoms. The summed E-state index contributed by atoms with van der Waals surface area (Å²) in [5.41, 5.74) is 0.0309. The summed E-state index contributed by atoms with van der Waals surface area (Å²) < 4.78 is 44.5. The van der Waals surface area contributed by atoms with E-state index < -0.39 is 17.3 Å². The van der Waals surface area contributed by atoms with Gasteiger partial charge in [-0.15, -0.1) is 0 Å². The fourth-order valence-electron chi connectivity index (χ4n) is 4.75. The standard InChI is InChI=1S/C26H32ClF3N4O2/c1-18(2)32-13-15-33(16-14-32)22-6-4-5-21(27)23(22)31-24(35)34-12-11-25(3,17-34)36-20-9-7-19(8-10-20)26(28,29)30/h4-10,18H,11-17H2,1-3H3,(H,31,35). The highest BCUT2D eigenvalue weighted by Crippen LogP contribution is 2.36. The van der Waals surface area contributed by atoms with E-state index in [1.165, 1.54) is 12.1 Å². The maximum Gasteiger partial charge on any atom is 0.416 e. The number of likely N-dealkylation sites (tertiary alicyclic amines) is 1. The van der Waals surface area contributed by atoms with Crippen LogP contribution in [0.1, 0.15) is 32.8 Å². The van der Waals surface area contributed by atoms with Crippen LogP contribution in [-0.4, -0.2) is 66.7 Å². The summed E-state index contributed by atoms with van der Waals surface area (Å²) in [6, 6.07) is 10.4. The number of hydrogen-bond donors (Lipinski definition) is 1. The summed E-state index contributed by atoms with van der Waals surface area (Å²) in [5, 5.41) is 3.46. The Bertz CT molecular complexity index is 1070. The summed E-state index contributed by atoms with van der Waals surface area (Å²) in [6.07, 6.45) is -3.85. The first-order chi connectivity index (χ1) is 16.9. The van der Waals surface area contributed by atoms with Gasteiger partial charge in [-0.3, -0.25) is 4.90 Å². The molecule has 2 amide bonds. The number of anilines is 2. The molecule has 0 saturated carbocycles. The second kappa shape index (κ2) is 10.4. The Labute approximate surface area is 214 Å². The lowest BCUT2D eigenvalue weighted by Gasteiger charge is -2.39. The summed E-state index contributed by atoms with van der Waals surface area (Å²) in [5.74, 6) is 0.335. The zero-order valence-corrected chi connectivity index (χ0v) is 21.5. The number of ether oxygens (including phenoxy) is 1. The molecule has 2 heterocycles. The fourth-order valence-corrected chi connectivity index (χ4v) is 4.97. The van der Waals surface area contributed by atoms with Gasteiger partial charge in [-0.1, -0.05) is 17.7 Å². The van der Waals surface area contributed by atoms with Gasteiger partial charge in [0, 0.05) is 45.2 Å². The highest BCUT2D eigenvalue weighted by molar-refractivity contribution is 6.34. The topological polar surface area (TPSA) is 48.0 Å². The molecule has 2 aromatic carbocycles. The molecule has 2 aliphatic rings. The van der Waals surface area contributed by atoms with E-state index in [2.05, 4.69) is 29.0 Å². The van der Waals surface area contributed by atoms with Crippen LogP contribution in [0.4, 0.5) is 29.3 Å². The molecule has 4 rings (SSSR count). The summed E-state index contributed by atoms with van der Waals surface area (Å²) in [7, 11) is 0. The van der Waals surface area contributed by atoms with Crippen LogP contribution in [0.2, 0.25) is 5.02 Å². The molecule has 2 aliphatic heterocycles. The van der Waals surface area contributed by atoms with Crippen LogP contribution in [-0.2, 0) is 6.18 Å². The molecule has 6 nitrogen and oxygen atoms in total. The Kier molecular flexibility index (Phi) is 7.61. The van der Waals surface area contributed by atoms with Crippen molar-refractivity contribution in [1.29, 1.82) is 0 Å². The average molecular weight is 525 g/mol.